The molecule has 3 aromatic carbocycles. The Hall–Kier alpha value is -2.64. The first kappa shape index (κ1) is 39.8. The third-order valence-electron chi connectivity index (χ3n) is 9.44. The Bertz CT molecular complexity index is 1600. The van der Waals surface area contributed by atoms with Crippen molar-refractivity contribution in [2.24, 2.45) is 0 Å². The first-order chi connectivity index (χ1) is 21.4. The van der Waals surface area contributed by atoms with Crippen LogP contribution in [0.15, 0.2) is 48.5 Å². The summed E-state index contributed by atoms with van der Waals surface area (Å²) in [5.41, 5.74) is 8.77. The first-order valence-corrected chi connectivity index (χ1v) is 18.8. The Morgan fingerprint density at radius 1 is 0.479 bits per heavy atom. The van der Waals surface area contributed by atoms with Gasteiger partial charge in [-0.2, -0.15) is 0 Å². The molecule has 2 atom stereocenters. The van der Waals surface area contributed by atoms with Gasteiger partial charge in [0.15, 0.2) is 11.5 Å². The lowest BCUT2D eigenvalue weighted by Crippen LogP contribution is -2.20. The SMILES string of the molecule is CC(c1cc(C(C)(C)C)cc(C(C)(C)C)c1)c1cc(C(C)(C)C)cc(C(C)(C)C)c1O[P+](=O)Oc1ccc(C(C)(C)C)cc1C(C)(C)C. The molecule has 4 heteroatoms. The lowest BCUT2D eigenvalue weighted by atomic mass is 9.75. The lowest BCUT2D eigenvalue weighted by Gasteiger charge is -2.30. The number of benzene rings is 3. The average Bonchev–Trinajstić information content (AvgIpc) is 2.89. The van der Waals surface area contributed by atoms with Gasteiger partial charge in [0.1, 0.15) is 0 Å². The van der Waals surface area contributed by atoms with Gasteiger partial charge in [-0.1, -0.05) is 174 Å². The Labute approximate surface area is 295 Å². The first-order valence-electron chi connectivity index (χ1n) is 17.7. The summed E-state index contributed by atoms with van der Waals surface area (Å²) >= 11 is 0. The molecule has 0 aliphatic rings. The monoisotopic (exact) mass is 673 g/mol. The molecule has 48 heavy (non-hydrogen) atoms. The molecule has 0 aliphatic carbocycles. The molecular weight excluding hydrogens is 607 g/mol. The van der Waals surface area contributed by atoms with Gasteiger partial charge < -0.3 is 0 Å². The molecule has 0 radical (unpaired) electrons. The van der Waals surface area contributed by atoms with E-state index in [-0.39, 0.29) is 38.4 Å². The topological polar surface area (TPSA) is 35.5 Å². The summed E-state index contributed by atoms with van der Waals surface area (Å²) in [6.45, 7) is 42.4. The van der Waals surface area contributed by atoms with E-state index >= 15 is 0 Å². The molecule has 0 spiro atoms. The molecule has 2 unspecified atom stereocenters. The van der Waals surface area contributed by atoms with Crippen LogP contribution in [-0.2, 0) is 37.1 Å². The number of hydrogen-bond donors (Lipinski definition) is 0. The summed E-state index contributed by atoms with van der Waals surface area (Å²) in [5.74, 6) is 1.24. The van der Waals surface area contributed by atoms with E-state index in [0.717, 1.165) is 16.7 Å². The van der Waals surface area contributed by atoms with Gasteiger partial charge in [-0.25, -0.2) is 9.05 Å². The smallest absolute Gasteiger partial charge is 0.222 e. The van der Waals surface area contributed by atoms with E-state index in [0.29, 0.717) is 11.5 Å². The minimum Gasteiger partial charge on any atom is -0.222 e. The van der Waals surface area contributed by atoms with E-state index in [9.17, 15) is 4.57 Å². The molecule has 0 amide bonds. The molecule has 0 aliphatic heterocycles. The van der Waals surface area contributed by atoms with Crippen LogP contribution < -0.4 is 9.05 Å². The van der Waals surface area contributed by atoms with Gasteiger partial charge in [0.25, 0.3) is 0 Å². The largest absolute Gasteiger partial charge is 0.805 e. The second-order valence-electron chi connectivity index (χ2n) is 20.1. The summed E-state index contributed by atoms with van der Waals surface area (Å²) in [6, 6.07) is 17.8. The Morgan fingerprint density at radius 2 is 0.896 bits per heavy atom. The Kier molecular flexibility index (Phi) is 11.0. The highest BCUT2D eigenvalue weighted by atomic mass is 31.1. The fourth-order valence-corrected chi connectivity index (χ4v) is 6.56. The van der Waals surface area contributed by atoms with Gasteiger partial charge in [-0.05, 0) is 66.4 Å². The zero-order valence-electron chi connectivity index (χ0n) is 33.9. The van der Waals surface area contributed by atoms with E-state index in [1.807, 2.05) is 6.07 Å². The zero-order valence-corrected chi connectivity index (χ0v) is 34.8. The molecule has 3 aromatic rings. The maximum atomic E-state index is 14.1. The molecular formula is C44H66O3P+. The van der Waals surface area contributed by atoms with Crippen molar-refractivity contribution in [3.63, 3.8) is 0 Å². The van der Waals surface area contributed by atoms with Crippen LogP contribution in [0.25, 0.3) is 0 Å². The minimum atomic E-state index is -2.54. The van der Waals surface area contributed by atoms with Crippen LogP contribution in [0.4, 0.5) is 0 Å². The van der Waals surface area contributed by atoms with Gasteiger partial charge >= 0.3 is 8.25 Å². The number of hydrogen-bond acceptors (Lipinski definition) is 3. The third-order valence-corrected chi connectivity index (χ3v) is 10.1. The second-order valence-corrected chi connectivity index (χ2v) is 20.9. The van der Waals surface area contributed by atoms with Gasteiger partial charge in [0.05, 0.1) is 0 Å². The Balaban J connectivity index is 2.28. The van der Waals surface area contributed by atoms with Crippen LogP contribution >= 0.6 is 8.25 Å². The molecule has 0 heterocycles. The Morgan fingerprint density at radius 3 is 1.31 bits per heavy atom. The predicted octanol–water partition coefficient (Wildman–Crippen LogP) is 13.7. The summed E-state index contributed by atoms with van der Waals surface area (Å²) in [6.07, 6.45) is 0. The summed E-state index contributed by atoms with van der Waals surface area (Å²) < 4.78 is 26.9. The highest BCUT2D eigenvalue weighted by Gasteiger charge is 2.37. The van der Waals surface area contributed by atoms with Crippen LogP contribution in [0.2, 0.25) is 0 Å². The summed E-state index contributed by atoms with van der Waals surface area (Å²) in [4.78, 5) is 0. The quantitative estimate of drug-likeness (QED) is 0.244. The highest BCUT2D eigenvalue weighted by molar-refractivity contribution is 7.34. The maximum absolute atomic E-state index is 14.1. The fraction of sp³-hybridized carbons (Fsp3) is 0.591. The van der Waals surface area contributed by atoms with E-state index in [2.05, 4.69) is 174 Å². The van der Waals surface area contributed by atoms with Gasteiger partial charge in [-0.15, -0.1) is 0 Å². The van der Waals surface area contributed by atoms with Crippen LogP contribution in [-0.4, -0.2) is 0 Å². The highest BCUT2D eigenvalue weighted by Crippen LogP contribution is 2.48. The molecule has 0 fully saturated rings. The van der Waals surface area contributed by atoms with Crippen LogP contribution in [0, 0.1) is 0 Å². The normalized spacial score (nSPS) is 14.5. The van der Waals surface area contributed by atoms with Crippen LogP contribution in [0.5, 0.6) is 11.5 Å². The molecule has 3 rings (SSSR count). The average molecular weight is 674 g/mol. The van der Waals surface area contributed by atoms with Gasteiger partial charge in [-0.3, -0.25) is 0 Å². The molecule has 0 aromatic heterocycles. The minimum absolute atomic E-state index is 0.0105. The van der Waals surface area contributed by atoms with Crippen molar-refractivity contribution < 1.29 is 13.6 Å². The molecule has 3 nitrogen and oxygen atoms in total. The standard InChI is InChI=1S/C44H66O3P/c1-28(29-22-31(40(5,6)7)24-32(23-29)41(8,9)10)34-25-33(42(11,12)13)27-36(44(17,18)19)38(34)47-48(45)46-37-21-20-30(39(2,3)4)26-35(37)43(14,15)16/h20-28H,1-19H3/q+1. The zero-order chi connectivity index (χ0) is 37.0. The van der Waals surface area contributed by atoms with E-state index in [1.54, 1.807) is 0 Å². The van der Waals surface area contributed by atoms with Crippen molar-refractivity contribution in [2.45, 2.75) is 170 Å². The van der Waals surface area contributed by atoms with Crippen molar-refractivity contribution in [1.29, 1.82) is 0 Å². The maximum Gasteiger partial charge on any atom is 0.805 e. The van der Waals surface area contributed by atoms with E-state index < -0.39 is 8.25 Å². The van der Waals surface area contributed by atoms with Crippen molar-refractivity contribution in [3.05, 3.63) is 93.0 Å². The molecule has 0 N–H and O–H groups in total. The molecule has 0 saturated carbocycles. The summed E-state index contributed by atoms with van der Waals surface area (Å²) in [5, 5.41) is 0. The van der Waals surface area contributed by atoms with Crippen LogP contribution in [0.1, 0.15) is 182 Å². The third kappa shape index (κ3) is 9.53. The van der Waals surface area contributed by atoms with Crippen LogP contribution in [0.3, 0.4) is 0 Å². The van der Waals surface area contributed by atoms with Crippen molar-refractivity contribution >= 4 is 8.25 Å². The fourth-order valence-electron chi connectivity index (χ4n) is 5.85. The molecule has 264 valence electrons. The van der Waals surface area contributed by atoms with Gasteiger partial charge in [0, 0.05) is 27.2 Å². The van der Waals surface area contributed by atoms with Crippen molar-refractivity contribution in [2.75, 3.05) is 0 Å². The molecule has 0 saturated heterocycles. The van der Waals surface area contributed by atoms with E-state index in [1.165, 1.54) is 27.8 Å². The van der Waals surface area contributed by atoms with Crippen molar-refractivity contribution in [3.8, 4) is 11.5 Å². The lowest BCUT2D eigenvalue weighted by molar-refractivity contribution is 0.399. The summed E-state index contributed by atoms with van der Waals surface area (Å²) in [7, 11) is -2.54. The predicted molar refractivity (Wildman–Crippen MR) is 208 cm³/mol. The van der Waals surface area contributed by atoms with Crippen molar-refractivity contribution in [1.82, 2.24) is 0 Å². The number of rotatable bonds is 6. The molecule has 0 bridgehead atoms. The van der Waals surface area contributed by atoms with Gasteiger partial charge in [0.2, 0.25) is 0 Å². The second kappa shape index (κ2) is 13.2. The van der Waals surface area contributed by atoms with E-state index in [4.69, 9.17) is 9.05 Å².